The maximum atomic E-state index is 10.7. The van der Waals surface area contributed by atoms with E-state index >= 15 is 0 Å². The van der Waals surface area contributed by atoms with Crippen LogP contribution in [0.4, 0.5) is 0 Å². The van der Waals surface area contributed by atoms with Gasteiger partial charge in [0.25, 0.3) is 0 Å². The number of carboxylic acid groups (broad SMARTS) is 1. The molecule has 0 saturated carbocycles. The topological polar surface area (TPSA) is 49.8 Å². The second kappa shape index (κ2) is 6.57. The second-order valence-corrected chi connectivity index (χ2v) is 5.23. The van der Waals surface area contributed by atoms with E-state index in [0.717, 1.165) is 43.8 Å². The molecule has 0 aliphatic carbocycles. The van der Waals surface area contributed by atoms with E-state index in [-0.39, 0.29) is 0 Å². The highest BCUT2D eigenvalue weighted by Gasteiger charge is 2.16. The van der Waals surface area contributed by atoms with Gasteiger partial charge in [-0.2, -0.15) is 0 Å². The lowest BCUT2D eigenvalue weighted by Gasteiger charge is -2.28. The molecule has 0 amide bonds. The van der Waals surface area contributed by atoms with Gasteiger partial charge in [0, 0.05) is 31.3 Å². The number of aryl methyl sites for hydroxylation is 1. The summed E-state index contributed by atoms with van der Waals surface area (Å²) in [4.78, 5) is 13.0. The van der Waals surface area contributed by atoms with E-state index in [1.807, 2.05) is 12.1 Å². The molecule has 1 aliphatic rings. The van der Waals surface area contributed by atoms with Gasteiger partial charge in [-0.15, -0.1) is 0 Å². The quantitative estimate of drug-likeness (QED) is 0.858. The molecule has 1 N–H and O–H groups in total. The van der Waals surface area contributed by atoms with Crippen molar-refractivity contribution in [2.24, 2.45) is 0 Å². The lowest BCUT2D eigenvalue weighted by atomic mass is 10.0. The minimum atomic E-state index is -0.839. The Morgan fingerprint density at radius 3 is 2.70 bits per heavy atom. The third-order valence-corrected chi connectivity index (χ3v) is 3.66. The fourth-order valence-electron chi connectivity index (χ4n) is 2.59. The van der Waals surface area contributed by atoms with Crippen LogP contribution in [0.2, 0.25) is 0 Å². The first kappa shape index (κ1) is 14.6. The van der Waals surface area contributed by atoms with Crippen molar-refractivity contribution in [2.75, 3.05) is 20.2 Å². The molecule has 0 spiro atoms. The molecule has 1 aromatic rings. The summed E-state index contributed by atoms with van der Waals surface area (Å²) in [5.41, 5.74) is 3.45. The number of aliphatic carboxylic acids is 1. The highest BCUT2D eigenvalue weighted by atomic mass is 16.5. The van der Waals surface area contributed by atoms with Crippen LogP contribution in [0.15, 0.2) is 29.8 Å². The first-order chi connectivity index (χ1) is 9.58. The molecule has 0 aromatic heterocycles. The number of carbonyl (C=O) groups is 1. The summed E-state index contributed by atoms with van der Waals surface area (Å²) in [6, 6.07) is 6.21. The van der Waals surface area contributed by atoms with E-state index in [1.54, 1.807) is 7.11 Å². The molecule has 0 radical (unpaired) electrons. The van der Waals surface area contributed by atoms with Crippen molar-refractivity contribution < 1.29 is 14.6 Å². The number of methoxy groups -OCH3 is 1. The summed E-state index contributed by atoms with van der Waals surface area (Å²) < 4.78 is 5.40. The van der Waals surface area contributed by atoms with Crippen molar-refractivity contribution in [3.8, 4) is 5.75 Å². The molecule has 0 atom stereocenters. The lowest BCUT2D eigenvalue weighted by molar-refractivity contribution is -0.131. The van der Waals surface area contributed by atoms with Gasteiger partial charge in [-0.05, 0) is 25.8 Å². The molecule has 1 heterocycles. The Morgan fingerprint density at radius 2 is 2.10 bits per heavy atom. The Bertz CT molecular complexity index is 512. The lowest BCUT2D eigenvalue weighted by Crippen LogP contribution is -2.30. The van der Waals surface area contributed by atoms with Crippen molar-refractivity contribution in [3.05, 3.63) is 41.0 Å². The van der Waals surface area contributed by atoms with Crippen LogP contribution >= 0.6 is 0 Å². The zero-order valence-electron chi connectivity index (χ0n) is 12.1. The molecule has 0 bridgehead atoms. The third kappa shape index (κ3) is 3.84. The number of carboxylic acids is 1. The second-order valence-electron chi connectivity index (χ2n) is 5.23. The Hall–Kier alpha value is -1.81. The Labute approximate surface area is 119 Å². The fraction of sp³-hybridized carbons (Fsp3) is 0.438. The van der Waals surface area contributed by atoms with Crippen LogP contribution in [0.25, 0.3) is 0 Å². The molecule has 1 fully saturated rings. The van der Waals surface area contributed by atoms with Gasteiger partial charge in [0.1, 0.15) is 5.75 Å². The number of benzene rings is 1. The summed E-state index contributed by atoms with van der Waals surface area (Å²) in [7, 11) is 1.69. The van der Waals surface area contributed by atoms with E-state index in [1.165, 1.54) is 17.2 Å². The summed E-state index contributed by atoms with van der Waals surface area (Å²) in [6.45, 7) is 4.73. The van der Waals surface area contributed by atoms with Crippen LogP contribution in [0.1, 0.15) is 24.0 Å². The molecule has 2 rings (SSSR count). The molecule has 1 aromatic carbocycles. The zero-order valence-corrected chi connectivity index (χ0v) is 12.1. The molecular formula is C16H21NO3. The number of piperidine rings is 1. The average Bonchev–Trinajstić information content (AvgIpc) is 2.41. The van der Waals surface area contributed by atoms with Crippen molar-refractivity contribution in [1.29, 1.82) is 0 Å². The SMILES string of the molecule is COc1ccc(C)cc1CN1CCC(=CC(=O)O)CC1. The van der Waals surface area contributed by atoms with E-state index in [4.69, 9.17) is 9.84 Å². The number of hydrogen-bond donors (Lipinski definition) is 1. The summed E-state index contributed by atoms with van der Waals surface area (Å²) in [5, 5.41) is 8.76. The number of hydrogen-bond acceptors (Lipinski definition) is 3. The Morgan fingerprint density at radius 1 is 1.40 bits per heavy atom. The maximum Gasteiger partial charge on any atom is 0.328 e. The minimum absolute atomic E-state index is 0.834. The third-order valence-electron chi connectivity index (χ3n) is 3.66. The highest BCUT2D eigenvalue weighted by molar-refractivity contribution is 5.80. The number of nitrogens with zero attached hydrogens (tertiary/aromatic N) is 1. The normalized spacial score (nSPS) is 16.0. The van der Waals surface area contributed by atoms with Crippen molar-refractivity contribution in [1.82, 2.24) is 4.90 Å². The first-order valence-electron chi connectivity index (χ1n) is 6.86. The molecule has 108 valence electrons. The number of likely N-dealkylation sites (tertiary alicyclic amines) is 1. The van der Waals surface area contributed by atoms with E-state index < -0.39 is 5.97 Å². The molecule has 4 nitrogen and oxygen atoms in total. The monoisotopic (exact) mass is 275 g/mol. The van der Waals surface area contributed by atoms with Crippen LogP contribution in [0.5, 0.6) is 5.75 Å². The zero-order chi connectivity index (χ0) is 14.5. The van der Waals surface area contributed by atoms with Gasteiger partial charge in [-0.1, -0.05) is 23.3 Å². The molecule has 1 saturated heterocycles. The molecule has 0 unspecified atom stereocenters. The van der Waals surface area contributed by atoms with Crippen LogP contribution in [-0.4, -0.2) is 36.2 Å². The van der Waals surface area contributed by atoms with Gasteiger partial charge in [0.15, 0.2) is 0 Å². The predicted molar refractivity (Wildman–Crippen MR) is 78.0 cm³/mol. The van der Waals surface area contributed by atoms with Crippen LogP contribution in [-0.2, 0) is 11.3 Å². The molecule has 1 aliphatic heterocycles. The van der Waals surface area contributed by atoms with Gasteiger partial charge in [0.05, 0.1) is 7.11 Å². The smallest absolute Gasteiger partial charge is 0.328 e. The van der Waals surface area contributed by atoms with Gasteiger partial charge >= 0.3 is 5.97 Å². The van der Waals surface area contributed by atoms with E-state index in [9.17, 15) is 4.79 Å². The van der Waals surface area contributed by atoms with Crippen molar-refractivity contribution in [2.45, 2.75) is 26.3 Å². The molecule has 4 heteroatoms. The predicted octanol–water partition coefficient (Wildman–Crippen LogP) is 2.61. The largest absolute Gasteiger partial charge is 0.496 e. The first-order valence-corrected chi connectivity index (χ1v) is 6.86. The van der Waals surface area contributed by atoms with Gasteiger partial charge in [-0.25, -0.2) is 4.79 Å². The molecular weight excluding hydrogens is 254 g/mol. The standard InChI is InChI=1S/C16H21NO3/c1-12-3-4-15(20-2)14(9-12)11-17-7-5-13(6-8-17)10-16(18)19/h3-4,9-10H,5-8,11H2,1-2H3,(H,18,19). The van der Waals surface area contributed by atoms with Crippen molar-refractivity contribution in [3.63, 3.8) is 0 Å². The number of ether oxygens (including phenoxy) is 1. The summed E-state index contributed by atoms with van der Waals surface area (Å²) >= 11 is 0. The van der Waals surface area contributed by atoms with Crippen molar-refractivity contribution >= 4 is 5.97 Å². The van der Waals surface area contributed by atoms with Gasteiger partial charge in [-0.3, -0.25) is 4.90 Å². The Kier molecular flexibility index (Phi) is 4.79. The summed E-state index contributed by atoms with van der Waals surface area (Å²) in [6.07, 6.45) is 3.02. The van der Waals surface area contributed by atoms with Gasteiger partial charge in [0.2, 0.25) is 0 Å². The fourth-order valence-corrected chi connectivity index (χ4v) is 2.59. The van der Waals surface area contributed by atoms with Crippen LogP contribution in [0, 0.1) is 6.92 Å². The average molecular weight is 275 g/mol. The van der Waals surface area contributed by atoms with Crippen LogP contribution < -0.4 is 4.74 Å². The summed E-state index contributed by atoms with van der Waals surface area (Å²) in [5.74, 6) is 0.0799. The van der Waals surface area contributed by atoms with Crippen LogP contribution in [0.3, 0.4) is 0 Å². The van der Waals surface area contributed by atoms with Gasteiger partial charge < -0.3 is 9.84 Å². The number of rotatable bonds is 4. The maximum absolute atomic E-state index is 10.7. The highest BCUT2D eigenvalue weighted by Crippen LogP contribution is 2.24. The Balaban J connectivity index is 1.99. The van der Waals surface area contributed by atoms with E-state index in [0.29, 0.717) is 0 Å². The molecule has 20 heavy (non-hydrogen) atoms. The van der Waals surface area contributed by atoms with E-state index in [2.05, 4.69) is 17.9 Å². The minimum Gasteiger partial charge on any atom is -0.496 e.